The Morgan fingerprint density at radius 1 is 1.37 bits per heavy atom. The first-order valence-electron chi connectivity index (χ1n) is 8.38. The molecule has 0 saturated carbocycles. The van der Waals surface area contributed by atoms with E-state index in [9.17, 15) is 4.79 Å². The predicted octanol–water partition coefficient (Wildman–Crippen LogP) is 3.62. The minimum atomic E-state index is -0.166. The molecule has 0 spiro atoms. The molecule has 2 aromatic rings. The summed E-state index contributed by atoms with van der Waals surface area (Å²) in [6, 6.07) is 7.55. The quantitative estimate of drug-likeness (QED) is 0.668. The first-order valence-corrected chi connectivity index (χ1v) is 9.19. The number of allylic oxidation sites excluding steroid dienone is 1. The molecular formula is C20H25N3O2SY-2. The van der Waals surface area contributed by atoms with Crippen LogP contribution >= 0.6 is 11.3 Å². The molecule has 0 aliphatic carbocycles. The van der Waals surface area contributed by atoms with Crippen LogP contribution in [-0.4, -0.2) is 30.0 Å². The van der Waals surface area contributed by atoms with Gasteiger partial charge < -0.3 is 15.4 Å². The van der Waals surface area contributed by atoms with Crippen molar-refractivity contribution < 1.29 is 42.2 Å². The molecule has 1 aliphatic rings. The van der Waals surface area contributed by atoms with Crippen LogP contribution in [0.2, 0.25) is 0 Å². The Morgan fingerprint density at radius 3 is 2.70 bits per heavy atom. The first kappa shape index (κ1) is 23.5. The third-order valence-electron chi connectivity index (χ3n) is 3.60. The summed E-state index contributed by atoms with van der Waals surface area (Å²) >= 11 is 1.63. The Morgan fingerprint density at radius 2 is 2.11 bits per heavy atom. The standard InChI is InChI=1S/C12H16NOS.C8H9N2O.Y/c1-8(2)13-12(10(4)14)7-11-6-5-9(3)15-11;1-6-2-3-7-8(10-6)9-4-5-11-7;/h5-6,12-13H,1,3,7H2,2,4H3;2-3H,1,4-5H2,(H,9,10);/q2*-1;/t12-;;/m0../s1. The van der Waals surface area contributed by atoms with Crippen LogP contribution in [-0.2, 0) is 43.9 Å². The van der Waals surface area contributed by atoms with Crippen molar-refractivity contribution in [2.45, 2.75) is 26.3 Å². The molecule has 0 amide bonds. The Kier molecular flexibility index (Phi) is 9.91. The molecule has 2 aromatic heterocycles. The van der Waals surface area contributed by atoms with Crippen LogP contribution in [0.5, 0.6) is 5.75 Å². The number of Topliss-reactive ketones (excluding diaryl/α,β-unsaturated/α-hetero) is 1. The van der Waals surface area contributed by atoms with Crippen molar-refractivity contribution in [1.82, 2.24) is 10.3 Å². The second kappa shape index (κ2) is 11.4. The van der Waals surface area contributed by atoms with Crippen LogP contribution in [0.15, 0.2) is 36.5 Å². The van der Waals surface area contributed by atoms with Gasteiger partial charge in [0.1, 0.15) is 12.4 Å². The number of hydrogen-bond acceptors (Lipinski definition) is 6. The normalized spacial score (nSPS) is 12.7. The molecule has 27 heavy (non-hydrogen) atoms. The molecule has 0 unspecified atom stereocenters. The van der Waals surface area contributed by atoms with Crippen LogP contribution < -0.4 is 15.4 Å². The molecule has 0 aromatic carbocycles. The molecule has 1 aliphatic heterocycles. The van der Waals surface area contributed by atoms with Crippen LogP contribution in [0, 0.1) is 13.8 Å². The van der Waals surface area contributed by atoms with Gasteiger partial charge in [-0.1, -0.05) is 18.3 Å². The van der Waals surface area contributed by atoms with Gasteiger partial charge >= 0.3 is 0 Å². The van der Waals surface area contributed by atoms with E-state index in [0.717, 1.165) is 34.4 Å². The number of rotatable bonds is 5. The summed E-state index contributed by atoms with van der Waals surface area (Å²) < 4.78 is 5.33. The van der Waals surface area contributed by atoms with Crippen LogP contribution in [0.4, 0.5) is 5.82 Å². The molecule has 3 rings (SSSR count). The second-order valence-corrected chi connectivity index (χ2v) is 7.34. The number of nitrogens with one attached hydrogen (secondary N) is 2. The Bertz CT molecular complexity index is 776. The number of nitrogens with zero attached hydrogens (tertiary/aromatic N) is 1. The molecule has 7 heteroatoms. The molecule has 0 fully saturated rings. The van der Waals surface area contributed by atoms with Crippen molar-refractivity contribution in [2.24, 2.45) is 0 Å². The minimum Gasteiger partial charge on any atom is -0.489 e. The number of pyridine rings is 1. The number of ketones is 1. The molecule has 1 atom stereocenters. The number of carbonyl (C=O) groups is 1. The maximum Gasteiger partial charge on any atom is 0.164 e. The van der Waals surface area contributed by atoms with Gasteiger partial charge in [0, 0.05) is 44.8 Å². The van der Waals surface area contributed by atoms with Gasteiger partial charge in [-0.3, -0.25) is 9.78 Å². The topological polar surface area (TPSA) is 63.2 Å². The Balaban J connectivity index is 0.000000270. The van der Waals surface area contributed by atoms with Crippen LogP contribution in [0.25, 0.3) is 0 Å². The number of anilines is 1. The average Bonchev–Trinajstić information content (AvgIpc) is 2.99. The van der Waals surface area contributed by atoms with E-state index >= 15 is 0 Å². The zero-order valence-electron chi connectivity index (χ0n) is 15.9. The molecule has 143 valence electrons. The fourth-order valence-corrected chi connectivity index (χ4v) is 3.25. The van der Waals surface area contributed by atoms with E-state index in [1.807, 2.05) is 31.2 Å². The number of thiophene rings is 1. The molecule has 0 saturated heterocycles. The van der Waals surface area contributed by atoms with Crippen molar-refractivity contribution in [3.63, 3.8) is 0 Å². The van der Waals surface area contributed by atoms with E-state index in [2.05, 4.69) is 36.0 Å². The van der Waals surface area contributed by atoms with Crippen LogP contribution in [0.1, 0.15) is 29.3 Å². The van der Waals surface area contributed by atoms with Gasteiger partial charge in [0.2, 0.25) is 0 Å². The maximum atomic E-state index is 11.4. The zero-order chi connectivity index (χ0) is 19.1. The van der Waals surface area contributed by atoms with Crippen molar-refractivity contribution >= 4 is 22.9 Å². The second-order valence-electron chi connectivity index (χ2n) is 6.08. The van der Waals surface area contributed by atoms with Gasteiger partial charge in [0.25, 0.3) is 0 Å². The third-order valence-corrected chi connectivity index (χ3v) is 4.57. The average molecular weight is 460 g/mol. The van der Waals surface area contributed by atoms with Gasteiger partial charge in [-0.05, 0) is 18.7 Å². The van der Waals surface area contributed by atoms with E-state index in [1.54, 1.807) is 18.3 Å². The van der Waals surface area contributed by atoms with E-state index in [1.165, 1.54) is 4.88 Å². The molecule has 5 nitrogen and oxygen atoms in total. The monoisotopic (exact) mass is 460 g/mol. The summed E-state index contributed by atoms with van der Waals surface area (Å²) in [5.41, 5.74) is 1.59. The molecule has 3 heterocycles. The Hall–Kier alpha value is -1.50. The number of carbonyl (C=O) groups excluding carboxylic acids is 1. The van der Waals surface area contributed by atoms with Gasteiger partial charge in [-0.25, -0.2) is 13.8 Å². The third kappa shape index (κ3) is 7.95. The zero-order valence-corrected chi connectivity index (χ0v) is 19.5. The number of ether oxygens (including phenoxy) is 1. The van der Waals surface area contributed by atoms with E-state index in [-0.39, 0.29) is 44.5 Å². The van der Waals surface area contributed by atoms with E-state index in [0.29, 0.717) is 13.0 Å². The van der Waals surface area contributed by atoms with E-state index < -0.39 is 0 Å². The van der Waals surface area contributed by atoms with Crippen molar-refractivity contribution in [1.29, 1.82) is 0 Å². The Labute approximate surface area is 190 Å². The van der Waals surface area contributed by atoms with Crippen LogP contribution in [0.3, 0.4) is 0 Å². The summed E-state index contributed by atoms with van der Waals surface area (Å²) in [7, 11) is 0. The molecule has 2 N–H and O–H groups in total. The van der Waals surface area contributed by atoms with Crippen molar-refractivity contribution in [3.8, 4) is 5.75 Å². The minimum absolute atomic E-state index is 0. The molecule has 0 bridgehead atoms. The maximum absolute atomic E-state index is 11.4. The molecule has 1 radical (unpaired) electrons. The number of fused-ring (bicyclic) bond motifs is 1. The summed E-state index contributed by atoms with van der Waals surface area (Å²) in [6.45, 7) is 16.3. The van der Waals surface area contributed by atoms with Gasteiger partial charge in [-0.15, -0.1) is 10.9 Å². The first-order chi connectivity index (χ1) is 12.3. The summed E-state index contributed by atoms with van der Waals surface area (Å²) in [6.07, 6.45) is 0.711. The summed E-state index contributed by atoms with van der Waals surface area (Å²) in [5.74, 6) is 1.77. The largest absolute Gasteiger partial charge is 0.489 e. The van der Waals surface area contributed by atoms with Gasteiger partial charge in [0.15, 0.2) is 11.6 Å². The summed E-state index contributed by atoms with van der Waals surface area (Å²) in [4.78, 5) is 17.7. The van der Waals surface area contributed by atoms with Crippen molar-refractivity contribution in [3.05, 3.63) is 65.8 Å². The SMILES string of the molecule is C=C(C)N[C@@H](Cc1ccc([CH2-])s1)C(C)=O.[CH2-]c1ccc2c(n1)NCCO2.[Y]. The molecular weight excluding hydrogens is 435 g/mol. The predicted molar refractivity (Wildman–Crippen MR) is 108 cm³/mol. The fourth-order valence-electron chi connectivity index (χ4n) is 2.39. The van der Waals surface area contributed by atoms with Crippen molar-refractivity contribution in [2.75, 3.05) is 18.5 Å². The van der Waals surface area contributed by atoms with Gasteiger partial charge in [0.05, 0.1) is 12.6 Å². The summed E-state index contributed by atoms with van der Waals surface area (Å²) in [5, 5.41) is 6.21. The fraction of sp³-hybridized carbons (Fsp3) is 0.300. The van der Waals surface area contributed by atoms with E-state index in [4.69, 9.17) is 4.74 Å². The smallest absolute Gasteiger partial charge is 0.164 e. The number of aromatic nitrogens is 1. The van der Waals surface area contributed by atoms with Gasteiger partial charge in [-0.2, -0.15) is 23.5 Å². The number of hydrogen-bond donors (Lipinski definition) is 2.